The van der Waals surface area contributed by atoms with Crippen LogP contribution in [-0.4, -0.2) is 12.3 Å². The first kappa shape index (κ1) is 14.1. The molecule has 21 heavy (non-hydrogen) atoms. The highest BCUT2D eigenvalue weighted by atomic mass is 35.5. The molecule has 1 amide bonds. The summed E-state index contributed by atoms with van der Waals surface area (Å²) in [6.07, 6.45) is -4.44. The van der Waals surface area contributed by atoms with Crippen LogP contribution in [0.25, 0.3) is 0 Å². The van der Waals surface area contributed by atoms with Crippen LogP contribution in [0.3, 0.4) is 0 Å². The van der Waals surface area contributed by atoms with E-state index in [9.17, 15) is 18.0 Å². The standard InChI is InChI=1S/C14H9ClF3NO2/c15-9-3-4-11-10(7-9)13(14(16,17)18,19-12(20)21-11)6-5-8-1-2-8/h3-4,7-8H,1-2H2,(H,19,20)/t13-/m0/s1. The molecule has 2 aliphatic rings. The topological polar surface area (TPSA) is 38.3 Å². The van der Waals surface area contributed by atoms with Crippen molar-refractivity contribution in [2.24, 2.45) is 5.92 Å². The minimum atomic E-state index is -4.80. The third-order valence-electron chi connectivity index (χ3n) is 3.30. The third-order valence-corrected chi connectivity index (χ3v) is 3.54. The molecule has 0 radical (unpaired) electrons. The van der Waals surface area contributed by atoms with Crippen molar-refractivity contribution in [3.05, 3.63) is 28.8 Å². The molecule has 1 aliphatic heterocycles. The average molecular weight is 316 g/mol. The van der Waals surface area contributed by atoms with Crippen LogP contribution < -0.4 is 10.1 Å². The number of nitrogens with one attached hydrogen (secondary N) is 1. The Bertz CT molecular complexity index is 673. The summed E-state index contributed by atoms with van der Waals surface area (Å²) in [6, 6.07) is 3.70. The summed E-state index contributed by atoms with van der Waals surface area (Å²) >= 11 is 5.78. The fraction of sp³-hybridized carbons (Fsp3) is 0.357. The van der Waals surface area contributed by atoms with E-state index in [-0.39, 0.29) is 22.3 Å². The lowest BCUT2D eigenvalue weighted by molar-refractivity contribution is -0.181. The fourth-order valence-electron chi connectivity index (χ4n) is 2.06. The lowest BCUT2D eigenvalue weighted by atomic mass is 9.87. The van der Waals surface area contributed by atoms with Crippen molar-refractivity contribution in [3.8, 4) is 17.6 Å². The maximum Gasteiger partial charge on any atom is 0.427 e. The first-order chi connectivity index (χ1) is 9.82. The van der Waals surface area contributed by atoms with Gasteiger partial charge in [0.1, 0.15) is 5.75 Å². The molecule has 1 heterocycles. The number of ether oxygens (including phenoxy) is 1. The van der Waals surface area contributed by atoms with Crippen molar-refractivity contribution in [1.82, 2.24) is 5.32 Å². The van der Waals surface area contributed by atoms with Gasteiger partial charge in [0.25, 0.3) is 0 Å². The Morgan fingerprint density at radius 3 is 2.71 bits per heavy atom. The SMILES string of the molecule is O=C1N[C@](C#CC2CC2)(C(F)(F)F)c2cc(Cl)ccc2O1. The van der Waals surface area contributed by atoms with Crippen molar-refractivity contribution in [1.29, 1.82) is 0 Å². The highest BCUT2D eigenvalue weighted by Crippen LogP contribution is 2.46. The van der Waals surface area contributed by atoms with E-state index in [0.717, 1.165) is 18.9 Å². The number of hydrogen-bond acceptors (Lipinski definition) is 2. The Labute approximate surface area is 123 Å². The van der Waals surface area contributed by atoms with Crippen LogP contribution in [0.1, 0.15) is 18.4 Å². The summed E-state index contributed by atoms with van der Waals surface area (Å²) in [7, 11) is 0. The minimum Gasteiger partial charge on any atom is -0.410 e. The maximum atomic E-state index is 13.6. The first-order valence-electron chi connectivity index (χ1n) is 6.21. The molecule has 7 heteroatoms. The lowest BCUT2D eigenvalue weighted by Crippen LogP contribution is -2.58. The molecule has 0 aromatic heterocycles. The summed E-state index contributed by atoms with van der Waals surface area (Å²) in [5, 5.41) is 1.92. The molecular weight excluding hydrogens is 307 g/mol. The highest BCUT2D eigenvalue weighted by molar-refractivity contribution is 6.30. The molecule has 110 valence electrons. The van der Waals surface area contributed by atoms with Gasteiger partial charge in [-0.15, -0.1) is 0 Å². The van der Waals surface area contributed by atoms with E-state index in [2.05, 4.69) is 11.8 Å². The Morgan fingerprint density at radius 1 is 1.38 bits per heavy atom. The molecule has 1 fully saturated rings. The van der Waals surface area contributed by atoms with Crippen molar-refractivity contribution >= 4 is 17.7 Å². The molecule has 1 aromatic rings. The van der Waals surface area contributed by atoms with Gasteiger partial charge < -0.3 is 4.74 Å². The van der Waals surface area contributed by atoms with Crippen LogP contribution >= 0.6 is 11.6 Å². The highest BCUT2D eigenvalue weighted by Gasteiger charge is 2.60. The number of hydrogen-bond donors (Lipinski definition) is 1. The molecule has 0 saturated heterocycles. The van der Waals surface area contributed by atoms with E-state index in [4.69, 9.17) is 16.3 Å². The number of benzene rings is 1. The van der Waals surface area contributed by atoms with Crippen LogP contribution in [0.2, 0.25) is 5.02 Å². The van der Waals surface area contributed by atoms with Gasteiger partial charge in [-0.2, -0.15) is 13.2 Å². The smallest absolute Gasteiger partial charge is 0.410 e. The van der Waals surface area contributed by atoms with Gasteiger partial charge in [0.2, 0.25) is 5.54 Å². The van der Waals surface area contributed by atoms with E-state index < -0.39 is 17.8 Å². The number of rotatable bonds is 0. The maximum absolute atomic E-state index is 13.6. The van der Waals surface area contributed by atoms with Gasteiger partial charge in [0, 0.05) is 16.5 Å². The van der Waals surface area contributed by atoms with Crippen molar-refractivity contribution in [2.75, 3.05) is 0 Å². The van der Waals surface area contributed by atoms with Crippen LogP contribution in [0.5, 0.6) is 5.75 Å². The van der Waals surface area contributed by atoms with Gasteiger partial charge in [-0.3, -0.25) is 5.32 Å². The minimum absolute atomic E-state index is 0.0494. The summed E-state index contributed by atoms with van der Waals surface area (Å²) in [5.74, 6) is 4.54. The van der Waals surface area contributed by atoms with E-state index in [1.54, 1.807) is 0 Å². The number of halogens is 4. The molecule has 3 rings (SSSR count). The van der Waals surface area contributed by atoms with Crippen LogP contribution in [0, 0.1) is 17.8 Å². The first-order valence-corrected chi connectivity index (χ1v) is 6.59. The fourth-order valence-corrected chi connectivity index (χ4v) is 2.23. The van der Waals surface area contributed by atoms with Crippen molar-refractivity contribution < 1.29 is 22.7 Å². The van der Waals surface area contributed by atoms with Gasteiger partial charge in [-0.25, -0.2) is 4.79 Å². The largest absolute Gasteiger partial charge is 0.427 e. The van der Waals surface area contributed by atoms with Gasteiger partial charge in [0.05, 0.1) is 0 Å². The molecule has 0 spiro atoms. The summed E-state index contributed by atoms with van der Waals surface area (Å²) < 4.78 is 45.7. The van der Waals surface area contributed by atoms with Gasteiger partial charge >= 0.3 is 12.3 Å². The molecule has 1 N–H and O–H groups in total. The molecule has 1 aromatic carbocycles. The third kappa shape index (κ3) is 2.42. The quantitative estimate of drug-likeness (QED) is 0.743. The van der Waals surface area contributed by atoms with Gasteiger partial charge in [-0.1, -0.05) is 23.4 Å². The zero-order chi connectivity index (χ0) is 15.3. The van der Waals surface area contributed by atoms with E-state index >= 15 is 0 Å². The van der Waals surface area contributed by atoms with Crippen LogP contribution in [0.15, 0.2) is 18.2 Å². The zero-order valence-electron chi connectivity index (χ0n) is 10.6. The number of carbonyl (C=O) groups is 1. The molecule has 1 atom stereocenters. The second-order valence-corrected chi connectivity index (χ2v) is 5.38. The summed E-state index contributed by atoms with van der Waals surface area (Å²) in [4.78, 5) is 11.5. The second-order valence-electron chi connectivity index (χ2n) is 4.95. The van der Waals surface area contributed by atoms with Gasteiger partial charge in [-0.05, 0) is 31.0 Å². The monoisotopic (exact) mass is 315 g/mol. The second kappa shape index (κ2) is 4.57. The number of alkyl halides is 3. The van der Waals surface area contributed by atoms with Crippen LogP contribution in [-0.2, 0) is 5.54 Å². The number of amides is 1. The van der Waals surface area contributed by atoms with Crippen molar-refractivity contribution in [2.45, 2.75) is 24.6 Å². The van der Waals surface area contributed by atoms with E-state index in [1.807, 2.05) is 5.32 Å². The van der Waals surface area contributed by atoms with E-state index in [0.29, 0.717) is 0 Å². The Hall–Kier alpha value is -1.87. The predicted octanol–water partition coefficient (Wildman–Crippen LogP) is 3.61. The molecule has 3 nitrogen and oxygen atoms in total. The molecule has 0 bridgehead atoms. The number of fused-ring (bicyclic) bond motifs is 1. The van der Waals surface area contributed by atoms with Crippen molar-refractivity contribution in [3.63, 3.8) is 0 Å². The lowest BCUT2D eigenvalue weighted by Gasteiger charge is -2.36. The molecule has 1 aliphatic carbocycles. The zero-order valence-corrected chi connectivity index (χ0v) is 11.3. The van der Waals surface area contributed by atoms with E-state index in [1.165, 1.54) is 12.1 Å². The normalized spacial score (nSPS) is 24.3. The predicted molar refractivity (Wildman–Crippen MR) is 68.8 cm³/mol. The summed E-state index contributed by atoms with van der Waals surface area (Å²) in [5.41, 5.74) is -3.08. The average Bonchev–Trinajstić information content (AvgIpc) is 3.19. The number of carbonyl (C=O) groups excluding carboxylic acids is 1. The Morgan fingerprint density at radius 2 is 2.10 bits per heavy atom. The van der Waals surface area contributed by atoms with Gasteiger partial charge in [0.15, 0.2) is 0 Å². The Balaban J connectivity index is 2.22. The van der Waals surface area contributed by atoms with Crippen LogP contribution in [0.4, 0.5) is 18.0 Å². The molecule has 1 saturated carbocycles. The molecule has 0 unspecified atom stereocenters. The Kier molecular flexibility index (Phi) is 3.06. The molecular formula is C14H9ClF3NO2. The summed E-state index contributed by atoms with van der Waals surface area (Å²) in [6.45, 7) is 0.